The third kappa shape index (κ3) is 2.60. The van der Waals surface area contributed by atoms with Crippen molar-refractivity contribution in [1.29, 1.82) is 0 Å². The van der Waals surface area contributed by atoms with E-state index in [0.717, 1.165) is 0 Å². The van der Waals surface area contributed by atoms with Crippen molar-refractivity contribution >= 4 is 5.97 Å². The summed E-state index contributed by atoms with van der Waals surface area (Å²) >= 11 is 0. The van der Waals surface area contributed by atoms with Gasteiger partial charge in [0.1, 0.15) is 0 Å². The van der Waals surface area contributed by atoms with Crippen LogP contribution in [0.3, 0.4) is 0 Å². The second-order valence-corrected chi connectivity index (χ2v) is 3.50. The largest absolute Gasteiger partial charge is 0.481 e. The summed E-state index contributed by atoms with van der Waals surface area (Å²) < 4.78 is 40.6. The van der Waals surface area contributed by atoms with Gasteiger partial charge in [0.25, 0.3) is 0 Å². The normalized spacial score (nSPS) is 27.9. The van der Waals surface area contributed by atoms with Crippen LogP contribution in [0.4, 0.5) is 13.2 Å². The van der Waals surface area contributed by atoms with Crippen molar-refractivity contribution in [3.63, 3.8) is 0 Å². The summed E-state index contributed by atoms with van der Waals surface area (Å²) in [6, 6.07) is 0. The van der Waals surface area contributed by atoms with E-state index in [1.165, 1.54) is 0 Å². The molecule has 6 heteroatoms. The standard InChI is InChI=1S/C8H11F3O3/c9-8(10,11)2-1-7(6(12)13)3-4-14-5-7/h1-5H2,(H,12,13). The maximum Gasteiger partial charge on any atom is 0.389 e. The molecule has 0 radical (unpaired) electrons. The van der Waals surface area contributed by atoms with Crippen molar-refractivity contribution in [2.45, 2.75) is 25.4 Å². The molecule has 0 bridgehead atoms. The van der Waals surface area contributed by atoms with Crippen molar-refractivity contribution in [3.8, 4) is 0 Å². The lowest BCUT2D eigenvalue weighted by atomic mass is 9.82. The molecule has 1 rings (SSSR count). The zero-order valence-corrected chi connectivity index (χ0v) is 7.43. The van der Waals surface area contributed by atoms with Gasteiger partial charge in [0.2, 0.25) is 0 Å². The highest BCUT2D eigenvalue weighted by Crippen LogP contribution is 2.37. The summed E-state index contributed by atoms with van der Waals surface area (Å²) in [7, 11) is 0. The third-order valence-corrected chi connectivity index (χ3v) is 2.44. The monoisotopic (exact) mass is 212 g/mol. The molecule has 3 nitrogen and oxygen atoms in total. The fraction of sp³-hybridized carbons (Fsp3) is 0.875. The summed E-state index contributed by atoms with van der Waals surface area (Å²) in [5, 5.41) is 8.81. The van der Waals surface area contributed by atoms with Gasteiger partial charge in [-0.05, 0) is 12.8 Å². The number of aliphatic carboxylic acids is 1. The van der Waals surface area contributed by atoms with Crippen LogP contribution in [-0.4, -0.2) is 30.5 Å². The Morgan fingerprint density at radius 2 is 2.14 bits per heavy atom. The van der Waals surface area contributed by atoms with E-state index >= 15 is 0 Å². The molecule has 0 aromatic rings. The first kappa shape index (κ1) is 11.3. The topological polar surface area (TPSA) is 46.5 Å². The molecule has 1 N–H and O–H groups in total. The number of hydrogen-bond acceptors (Lipinski definition) is 2. The fourth-order valence-corrected chi connectivity index (χ4v) is 1.46. The lowest BCUT2D eigenvalue weighted by Crippen LogP contribution is -2.32. The number of halogens is 3. The van der Waals surface area contributed by atoms with Crippen LogP contribution in [0.2, 0.25) is 0 Å². The van der Waals surface area contributed by atoms with Gasteiger partial charge >= 0.3 is 12.1 Å². The lowest BCUT2D eigenvalue weighted by Gasteiger charge is -2.22. The van der Waals surface area contributed by atoms with Crippen LogP contribution in [0.25, 0.3) is 0 Å². The number of rotatable bonds is 3. The van der Waals surface area contributed by atoms with Gasteiger partial charge in [0.15, 0.2) is 0 Å². The fourth-order valence-electron chi connectivity index (χ4n) is 1.46. The van der Waals surface area contributed by atoms with Crippen LogP contribution in [0.1, 0.15) is 19.3 Å². The van der Waals surface area contributed by atoms with Crippen LogP contribution >= 0.6 is 0 Å². The first-order chi connectivity index (χ1) is 6.36. The smallest absolute Gasteiger partial charge is 0.389 e. The van der Waals surface area contributed by atoms with Gasteiger partial charge in [-0.2, -0.15) is 13.2 Å². The SMILES string of the molecule is O=C(O)C1(CCC(F)(F)F)CCOC1. The summed E-state index contributed by atoms with van der Waals surface area (Å²) in [5.41, 5.74) is -1.32. The molecule has 82 valence electrons. The van der Waals surface area contributed by atoms with Gasteiger partial charge in [-0.1, -0.05) is 0 Å². The molecule has 0 amide bonds. The third-order valence-electron chi connectivity index (χ3n) is 2.44. The average molecular weight is 212 g/mol. The molecule has 14 heavy (non-hydrogen) atoms. The molecule has 1 aliphatic rings. The highest BCUT2D eigenvalue weighted by molar-refractivity contribution is 5.75. The van der Waals surface area contributed by atoms with Crippen molar-refractivity contribution in [2.75, 3.05) is 13.2 Å². The van der Waals surface area contributed by atoms with Crippen molar-refractivity contribution in [1.82, 2.24) is 0 Å². The van der Waals surface area contributed by atoms with Gasteiger partial charge in [-0.25, -0.2) is 0 Å². The molecule has 0 spiro atoms. The van der Waals surface area contributed by atoms with Crippen LogP contribution in [0, 0.1) is 5.41 Å². The zero-order valence-electron chi connectivity index (χ0n) is 7.43. The molecule has 1 aliphatic heterocycles. The van der Waals surface area contributed by atoms with E-state index in [9.17, 15) is 18.0 Å². The number of carboxylic acid groups (broad SMARTS) is 1. The summed E-state index contributed by atoms with van der Waals surface area (Å²) in [6.45, 7) is 0.114. The Bertz CT molecular complexity index is 218. The molecule has 0 aliphatic carbocycles. The zero-order chi connectivity index (χ0) is 10.8. The molecular formula is C8H11F3O3. The van der Waals surface area contributed by atoms with Gasteiger partial charge in [-0.15, -0.1) is 0 Å². The molecular weight excluding hydrogens is 201 g/mol. The Kier molecular flexibility index (Phi) is 3.04. The maximum absolute atomic E-state index is 11.9. The summed E-state index contributed by atoms with van der Waals surface area (Å²) in [5.74, 6) is -1.20. The van der Waals surface area contributed by atoms with Gasteiger partial charge in [0.05, 0.1) is 12.0 Å². The molecule has 0 aromatic heterocycles. The second-order valence-electron chi connectivity index (χ2n) is 3.50. The van der Waals surface area contributed by atoms with E-state index < -0.39 is 30.4 Å². The Hall–Kier alpha value is -0.780. The number of ether oxygens (including phenoxy) is 1. The maximum atomic E-state index is 11.9. The molecule has 0 aromatic carbocycles. The minimum atomic E-state index is -4.30. The number of carbonyl (C=O) groups is 1. The molecule has 0 saturated carbocycles. The lowest BCUT2D eigenvalue weighted by molar-refractivity contribution is -0.157. The van der Waals surface area contributed by atoms with E-state index in [2.05, 4.69) is 0 Å². The minimum absolute atomic E-state index is 0.113. The van der Waals surface area contributed by atoms with E-state index in [0.29, 0.717) is 0 Å². The molecule has 1 unspecified atom stereocenters. The number of alkyl halides is 3. The predicted octanol–water partition coefficient (Wildman–Crippen LogP) is 1.82. The molecule has 1 heterocycles. The van der Waals surface area contributed by atoms with Gasteiger partial charge in [0, 0.05) is 13.0 Å². The van der Waals surface area contributed by atoms with E-state index in [1.807, 2.05) is 0 Å². The van der Waals surface area contributed by atoms with Crippen molar-refractivity contribution in [3.05, 3.63) is 0 Å². The van der Waals surface area contributed by atoms with E-state index in [-0.39, 0.29) is 19.6 Å². The Morgan fingerprint density at radius 1 is 1.50 bits per heavy atom. The second kappa shape index (κ2) is 3.76. The number of hydrogen-bond donors (Lipinski definition) is 1. The first-order valence-corrected chi connectivity index (χ1v) is 4.24. The molecule has 1 fully saturated rings. The Labute approximate surface area is 78.9 Å². The Morgan fingerprint density at radius 3 is 2.50 bits per heavy atom. The quantitative estimate of drug-likeness (QED) is 0.776. The molecule has 1 saturated heterocycles. The molecule has 1 atom stereocenters. The van der Waals surface area contributed by atoms with Gasteiger partial charge < -0.3 is 9.84 Å². The van der Waals surface area contributed by atoms with Crippen LogP contribution in [0.15, 0.2) is 0 Å². The Balaban J connectivity index is 2.57. The average Bonchev–Trinajstić information content (AvgIpc) is 2.48. The first-order valence-electron chi connectivity index (χ1n) is 4.24. The summed E-state index contributed by atoms with van der Waals surface area (Å²) in [4.78, 5) is 10.8. The highest BCUT2D eigenvalue weighted by atomic mass is 19.4. The minimum Gasteiger partial charge on any atom is -0.481 e. The van der Waals surface area contributed by atoms with E-state index in [4.69, 9.17) is 9.84 Å². The van der Waals surface area contributed by atoms with Crippen molar-refractivity contribution in [2.24, 2.45) is 5.41 Å². The number of carboxylic acids is 1. The van der Waals surface area contributed by atoms with Crippen LogP contribution < -0.4 is 0 Å². The van der Waals surface area contributed by atoms with Crippen LogP contribution in [0.5, 0.6) is 0 Å². The summed E-state index contributed by atoms with van der Waals surface area (Å²) in [6.07, 6.45) is -5.60. The highest BCUT2D eigenvalue weighted by Gasteiger charge is 2.44. The predicted molar refractivity (Wildman–Crippen MR) is 40.8 cm³/mol. The van der Waals surface area contributed by atoms with Crippen molar-refractivity contribution < 1.29 is 27.8 Å². The van der Waals surface area contributed by atoms with Crippen LogP contribution in [-0.2, 0) is 9.53 Å². The van der Waals surface area contributed by atoms with E-state index in [1.54, 1.807) is 0 Å². The van der Waals surface area contributed by atoms with Gasteiger partial charge in [-0.3, -0.25) is 4.79 Å².